The second-order valence-corrected chi connectivity index (χ2v) is 28.6. The molecule has 88 heavy (non-hydrogen) atoms. The minimum absolute atomic E-state index is 0.0294. The molecule has 0 N–H and O–H groups in total. The number of nitrogens with zero attached hydrogens (tertiary/aromatic N) is 4. The molecule has 13 aromatic rings. The summed E-state index contributed by atoms with van der Waals surface area (Å²) in [5.41, 5.74) is 26.0. The van der Waals surface area contributed by atoms with Gasteiger partial charge >= 0.3 is 0 Å². The smallest absolute Gasteiger partial charge is 0.257 e. The SMILES string of the molecule is CC(C)(C)c1ccc(N2c3cc(N(c4ccccc4)c4ccccc4-c4ccccc4)ccc3B3c4c2cccc4N(c2ccc(C(C)(C)C)cc2)c2cc(-n4c5ccc(C(C)(C)C)cc5c5cc(C(C)(C)C)ccc54)c4c(oc5ccccc54)c23)cc1. The molecule has 0 unspecified atom stereocenters. The van der Waals surface area contributed by atoms with E-state index in [2.05, 4.69) is 339 Å². The molecule has 0 amide bonds. The first-order valence-electron chi connectivity index (χ1n) is 31.4. The van der Waals surface area contributed by atoms with Gasteiger partial charge in [0.15, 0.2) is 0 Å². The number of para-hydroxylation sites is 3. The average Bonchev–Trinajstić information content (AvgIpc) is 1.12. The summed E-state index contributed by atoms with van der Waals surface area (Å²) in [4.78, 5) is 7.53. The molecule has 0 radical (unpaired) electrons. The van der Waals surface area contributed by atoms with E-state index in [9.17, 15) is 0 Å². The maximum Gasteiger partial charge on any atom is 0.257 e. The maximum absolute atomic E-state index is 7.64. The molecule has 0 bridgehead atoms. The molecule has 0 fully saturated rings. The van der Waals surface area contributed by atoms with E-state index >= 15 is 0 Å². The Hall–Kier alpha value is -9.52. The average molecular weight is 1140 g/mol. The number of rotatable bonds is 7. The summed E-state index contributed by atoms with van der Waals surface area (Å²) in [6.07, 6.45) is 0. The molecular formula is C82H75BN4O. The molecule has 2 aliphatic rings. The molecule has 5 nitrogen and oxygen atoms in total. The highest BCUT2D eigenvalue weighted by Crippen LogP contribution is 2.51. The van der Waals surface area contributed by atoms with Crippen molar-refractivity contribution in [1.29, 1.82) is 0 Å². The van der Waals surface area contributed by atoms with E-state index in [0.717, 1.165) is 95.4 Å². The van der Waals surface area contributed by atoms with Gasteiger partial charge in [-0.15, -0.1) is 0 Å². The Morgan fingerprint density at radius 1 is 0.364 bits per heavy atom. The summed E-state index contributed by atoms with van der Waals surface area (Å²) >= 11 is 0. The van der Waals surface area contributed by atoms with Gasteiger partial charge < -0.3 is 23.7 Å². The standard InChI is InChI=1S/C82H75BN4O/c1-79(2,3)53-34-40-58(41-35-53)85-69-31-23-32-70-76(69)83(65-45-44-60(50-71(65)85)84(57-26-17-14-18-27-57)66-30-21-19-28-61(66)52-24-15-13-16-25-52)77-73(86(70)59-42-36-54(37-43-59)80(4,5)6)51-72(75-62-29-20-22-33-74(62)88-78(75)77)87-67-46-38-55(81(7,8)9)48-63(67)64-49-56(82(10,11)12)39-47-68(64)87/h13-51H,1-12H3. The number of fused-ring (bicyclic) bond motifs is 11. The highest BCUT2D eigenvalue weighted by molar-refractivity contribution is 7.01. The predicted octanol–water partition coefficient (Wildman–Crippen LogP) is 21.1. The molecule has 0 atom stereocenters. The van der Waals surface area contributed by atoms with E-state index in [4.69, 9.17) is 4.42 Å². The van der Waals surface area contributed by atoms with Crippen molar-refractivity contribution in [3.05, 3.63) is 259 Å². The van der Waals surface area contributed by atoms with Crippen LogP contribution in [0.4, 0.5) is 51.2 Å². The van der Waals surface area contributed by atoms with Crippen LogP contribution in [0.25, 0.3) is 60.6 Å². The van der Waals surface area contributed by atoms with Crippen molar-refractivity contribution in [3.63, 3.8) is 0 Å². The number of aromatic nitrogens is 1. The molecule has 0 spiro atoms. The van der Waals surface area contributed by atoms with Crippen LogP contribution in [0.2, 0.25) is 0 Å². The Morgan fingerprint density at radius 3 is 1.45 bits per heavy atom. The second-order valence-electron chi connectivity index (χ2n) is 28.6. The molecule has 432 valence electrons. The first kappa shape index (κ1) is 55.1. The minimum atomic E-state index is -0.249. The third-order valence-electron chi connectivity index (χ3n) is 18.8. The van der Waals surface area contributed by atoms with Crippen molar-refractivity contribution in [3.8, 4) is 16.8 Å². The number of hydrogen-bond donors (Lipinski definition) is 0. The van der Waals surface area contributed by atoms with Gasteiger partial charge in [0.05, 0.1) is 27.8 Å². The quantitative estimate of drug-likeness (QED) is 0.149. The highest BCUT2D eigenvalue weighted by Gasteiger charge is 2.46. The lowest BCUT2D eigenvalue weighted by molar-refractivity contribution is 0.590. The van der Waals surface area contributed by atoms with E-state index in [1.165, 1.54) is 55.0 Å². The maximum atomic E-state index is 7.64. The van der Waals surface area contributed by atoms with Crippen molar-refractivity contribution >= 4 is 118 Å². The van der Waals surface area contributed by atoms with Crippen LogP contribution in [0.1, 0.15) is 105 Å². The van der Waals surface area contributed by atoms with E-state index in [0.29, 0.717) is 0 Å². The van der Waals surface area contributed by atoms with Gasteiger partial charge in [-0.2, -0.15) is 0 Å². The van der Waals surface area contributed by atoms with Crippen LogP contribution in [-0.4, -0.2) is 11.3 Å². The predicted molar refractivity (Wildman–Crippen MR) is 377 cm³/mol. The summed E-state index contributed by atoms with van der Waals surface area (Å²) < 4.78 is 10.2. The van der Waals surface area contributed by atoms with E-state index in [1.807, 2.05) is 0 Å². The lowest BCUT2D eigenvalue weighted by atomic mass is 9.33. The summed E-state index contributed by atoms with van der Waals surface area (Å²) in [6, 6.07) is 88.9. The molecular weight excluding hydrogens is 1070 g/mol. The second kappa shape index (κ2) is 20.0. The van der Waals surface area contributed by atoms with Crippen LogP contribution >= 0.6 is 0 Å². The Bertz CT molecular complexity index is 4820. The van der Waals surface area contributed by atoms with Gasteiger partial charge in [0, 0.05) is 67.2 Å². The third kappa shape index (κ3) is 8.88. The monoisotopic (exact) mass is 1140 g/mol. The molecule has 4 heterocycles. The third-order valence-corrected chi connectivity index (χ3v) is 18.8. The Balaban J connectivity index is 1.06. The lowest BCUT2D eigenvalue weighted by Crippen LogP contribution is -2.61. The van der Waals surface area contributed by atoms with Crippen molar-refractivity contribution in [1.82, 2.24) is 4.57 Å². The van der Waals surface area contributed by atoms with Crippen molar-refractivity contribution in [2.75, 3.05) is 14.7 Å². The Morgan fingerprint density at radius 2 is 0.875 bits per heavy atom. The van der Waals surface area contributed by atoms with Gasteiger partial charge in [0.1, 0.15) is 11.2 Å². The molecule has 6 heteroatoms. The molecule has 11 aromatic carbocycles. The van der Waals surface area contributed by atoms with E-state index in [-0.39, 0.29) is 28.4 Å². The van der Waals surface area contributed by atoms with Gasteiger partial charge in [0.2, 0.25) is 0 Å². The fourth-order valence-corrected chi connectivity index (χ4v) is 14.1. The number of hydrogen-bond acceptors (Lipinski definition) is 4. The summed E-state index contributed by atoms with van der Waals surface area (Å²) in [5, 5.41) is 4.69. The molecule has 0 aliphatic carbocycles. The van der Waals surface area contributed by atoms with Crippen LogP contribution < -0.4 is 31.1 Å². The Labute approximate surface area is 519 Å². The van der Waals surface area contributed by atoms with Crippen molar-refractivity contribution in [2.45, 2.75) is 105 Å². The number of anilines is 9. The minimum Gasteiger partial charge on any atom is -0.456 e. The zero-order chi connectivity index (χ0) is 60.8. The zero-order valence-corrected chi connectivity index (χ0v) is 52.8. The zero-order valence-electron chi connectivity index (χ0n) is 52.8. The molecule has 2 aromatic heterocycles. The number of benzene rings is 11. The van der Waals surface area contributed by atoms with Crippen LogP contribution in [0.3, 0.4) is 0 Å². The fourth-order valence-electron chi connectivity index (χ4n) is 14.1. The summed E-state index contributed by atoms with van der Waals surface area (Å²) in [5.74, 6) is 0. The Kier molecular flexibility index (Phi) is 12.5. The molecule has 15 rings (SSSR count). The topological polar surface area (TPSA) is 27.8 Å². The largest absolute Gasteiger partial charge is 0.456 e. The first-order valence-corrected chi connectivity index (χ1v) is 31.4. The highest BCUT2D eigenvalue weighted by atomic mass is 16.3. The van der Waals surface area contributed by atoms with Crippen molar-refractivity contribution in [2.24, 2.45) is 0 Å². The molecule has 0 saturated heterocycles. The number of furan rings is 1. The normalized spacial score (nSPS) is 13.4. The summed E-state index contributed by atoms with van der Waals surface area (Å²) in [7, 11) is 0. The van der Waals surface area contributed by atoms with Crippen LogP contribution in [-0.2, 0) is 21.7 Å². The fraction of sp³-hybridized carbons (Fsp3) is 0.195. The van der Waals surface area contributed by atoms with Gasteiger partial charge in [-0.3, -0.25) is 0 Å². The molecule has 2 aliphatic heterocycles. The van der Waals surface area contributed by atoms with Crippen LogP contribution in [0.5, 0.6) is 0 Å². The van der Waals surface area contributed by atoms with Crippen LogP contribution in [0, 0.1) is 0 Å². The van der Waals surface area contributed by atoms with Gasteiger partial charge in [-0.1, -0.05) is 217 Å². The van der Waals surface area contributed by atoms with Gasteiger partial charge in [0.25, 0.3) is 6.71 Å². The van der Waals surface area contributed by atoms with Crippen molar-refractivity contribution < 1.29 is 4.42 Å². The summed E-state index contributed by atoms with van der Waals surface area (Å²) in [6.45, 7) is 27.5. The first-order chi connectivity index (χ1) is 42.2. The lowest BCUT2D eigenvalue weighted by Gasteiger charge is -2.44. The van der Waals surface area contributed by atoms with Gasteiger partial charge in [-0.25, -0.2) is 0 Å². The van der Waals surface area contributed by atoms with E-state index < -0.39 is 0 Å². The molecule has 0 saturated carbocycles. The van der Waals surface area contributed by atoms with Gasteiger partial charge in [-0.05, 0) is 169 Å². The van der Waals surface area contributed by atoms with E-state index in [1.54, 1.807) is 0 Å². The van der Waals surface area contributed by atoms with Crippen LogP contribution in [0.15, 0.2) is 241 Å².